The van der Waals surface area contributed by atoms with Crippen LogP contribution in [0.3, 0.4) is 0 Å². The van der Waals surface area contributed by atoms with Gasteiger partial charge in [0, 0.05) is 25.7 Å². The number of carboxylic acid groups (broad SMARTS) is 1. The van der Waals surface area contributed by atoms with Crippen molar-refractivity contribution in [3.05, 3.63) is 0 Å². The summed E-state index contributed by atoms with van der Waals surface area (Å²) < 4.78 is 5.58. The molecule has 0 spiro atoms. The van der Waals surface area contributed by atoms with Gasteiger partial charge in [-0.1, -0.05) is 0 Å². The van der Waals surface area contributed by atoms with E-state index in [4.69, 9.17) is 9.84 Å². The summed E-state index contributed by atoms with van der Waals surface area (Å²) in [5.41, 5.74) is -0.759. The number of rotatable bonds is 5. The van der Waals surface area contributed by atoms with E-state index < -0.39 is 11.5 Å². The lowest BCUT2D eigenvalue weighted by atomic mass is 10.0. The molecule has 1 rings (SSSR count). The second-order valence-electron chi connectivity index (χ2n) is 5.75. The lowest BCUT2D eigenvalue weighted by molar-refractivity contribution is -0.138. The summed E-state index contributed by atoms with van der Waals surface area (Å²) in [6, 6.07) is -0.263. The van der Waals surface area contributed by atoms with Crippen molar-refractivity contribution >= 4 is 12.0 Å². The summed E-state index contributed by atoms with van der Waals surface area (Å²) >= 11 is 0. The van der Waals surface area contributed by atoms with Crippen LogP contribution in [0.1, 0.15) is 39.5 Å². The van der Waals surface area contributed by atoms with Crippen molar-refractivity contribution in [2.45, 2.75) is 51.2 Å². The topological polar surface area (TPSA) is 78.9 Å². The Labute approximate surface area is 114 Å². The molecule has 0 saturated carbocycles. The molecular formula is C13H24N2O4. The Morgan fingerprint density at radius 1 is 1.42 bits per heavy atom. The molecule has 1 fully saturated rings. The first-order valence-electron chi connectivity index (χ1n) is 6.67. The van der Waals surface area contributed by atoms with Gasteiger partial charge >= 0.3 is 12.0 Å². The zero-order chi connectivity index (χ0) is 14.5. The summed E-state index contributed by atoms with van der Waals surface area (Å²) in [6.45, 7) is 4.69. The van der Waals surface area contributed by atoms with E-state index in [9.17, 15) is 9.59 Å². The Hall–Kier alpha value is -1.30. The SMILES string of the molecule is CN(CC1CCCCO1)C(=O)NC(C)(C)CC(=O)O. The van der Waals surface area contributed by atoms with E-state index >= 15 is 0 Å². The van der Waals surface area contributed by atoms with Crippen molar-refractivity contribution in [3.63, 3.8) is 0 Å². The molecule has 0 aromatic heterocycles. The van der Waals surface area contributed by atoms with Crippen molar-refractivity contribution in [3.8, 4) is 0 Å². The summed E-state index contributed by atoms with van der Waals surface area (Å²) in [7, 11) is 1.70. The highest BCUT2D eigenvalue weighted by Gasteiger charge is 2.26. The maximum absolute atomic E-state index is 12.0. The molecule has 1 heterocycles. The summed E-state index contributed by atoms with van der Waals surface area (Å²) in [6.07, 6.45) is 3.16. The maximum Gasteiger partial charge on any atom is 0.317 e. The molecule has 1 unspecified atom stereocenters. The van der Waals surface area contributed by atoms with E-state index in [1.165, 1.54) is 0 Å². The van der Waals surface area contributed by atoms with Crippen LogP contribution in [-0.4, -0.2) is 53.8 Å². The number of nitrogens with one attached hydrogen (secondary N) is 1. The lowest BCUT2D eigenvalue weighted by Crippen LogP contribution is -2.51. The predicted octanol–water partition coefficient (Wildman–Crippen LogP) is 1.45. The van der Waals surface area contributed by atoms with Gasteiger partial charge < -0.3 is 20.1 Å². The number of likely N-dealkylation sites (N-methyl/N-ethyl adjacent to an activating group) is 1. The van der Waals surface area contributed by atoms with Gasteiger partial charge in [0.1, 0.15) is 0 Å². The van der Waals surface area contributed by atoms with Gasteiger partial charge in [0.05, 0.1) is 12.5 Å². The minimum absolute atomic E-state index is 0.0899. The second kappa shape index (κ2) is 6.75. The first-order chi connectivity index (χ1) is 8.80. The summed E-state index contributed by atoms with van der Waals surface area (Å²) in [4.78, 5) is 24.2. The number of carboxylic acids is 1. The fourth-order valence-corrected chi connectivity index (χ4v) is 2.15. The summed E-state index contributed by atoms with van der Waals surface area (Å²) in [5, 5.41) is 11.5. The van der Waals surface area contributed by atoms with Crippen LogP contribution in [0.25, 0.3) is 0 Å². The predicted molar refractivity (Wildman–Crippen MR) is 71.1 cm³/mol. The number of hydrogen-bond acceptors (Lipinski definition) is 3. The number of carbonyl (C=O) groups excluding carboxylic acids is 1. The Kier molecular flexibility index (Phi) is 5.60. The quantitative estimate of drug-likeness (QED) is 0.794. The van der Waals surface area contributed by atoms with Crippen molar-refractivity contribution in [1.29, 1.82) is 0 Å². The monoisotopic (exact) mass is 272 g/mol. The van der Waals surface area contributed by atoms with Gasteiger partial charge in [0.25, 0.3) is 0 Å². The minimum Gasteiger partial charge on any atom is -0.481 e. The standard InChI is InChI=1S/C13H24N2O4/c1-13(2,8-11(16)17)14-12(18)15(3)9-10-6-4-5-7-19-10/h10H,4-9H2,1-3H3,(H,14,18)(H,16,17). The molecule has 1 aliphatic heterocycles. The van der Waals surface area contributed by atoms with Gasteiger partial charge in [-0.2, -0.15) is 0 Å². The first-order valence-corrected chi connectivity index (χ1v) is 6.67. The molecule has 0 bridgehead atoms. The molecule has 2 amide bonds. The zero-order valence-corrected chi connectivity index (χ0v) is 11.9. The van der Waals surface area contributed by atoms with Crippen molar-refractivity contribution in [1.82, 2.24) is 10.2 Å². The van der Waals surface area contributed by atoms with Crippen LogP contribution >= 0.6 is 0 Å². The van der Waals surface area contributed by atoms with E-state index in [0.29, 0.717) is 6.54 Å². The fraction of sp³-hybridized carbons (Fsp3) is 0.846. The van der Waals surface area contributed by atoms with Crippen LogP contribution in [-0.2, 0) is 9.53 Å². The number of nitrogens with zero attached hydrogens (tertiary/aromatic N) is 1. The van der Waals surface area contributed by atoms with Crippen molar-refractivity contribution in [2.75, 3.05) is 20.2 Å². The van der Waals surface area contributed by atoms with Gasteiger partial charge in [-0.3, -0.25) is 4.79 Å². The van der Waals surface area contributed by atoms with Crippen molar-refractivity contribution in [2.24, 2.45) is 0 Å². The maximum atomic E-state index is 12.0. The number of amides is 2. The molecule has 110 valence electrons. The van der Waals surface area contributed by atoms with Gasteiger partial charge in [0.15, 0.2) is 0 Å². The number of urea groups is 1. The molecule has 0 radical (unpaired) electrons. The largest absolute Gasteiger partial charge is 0.481 e. The summed E-state index contributed by atoms with van der Waals surface area (Å²) in [5.74, 6) is -0.927. The lowest BCUT2D eigenvalue weighted by Gasteiger charge is -2.31. The van der Waals surface area contributed by atoms with Crippen LogP contribution in [0.5, 0.6) is 0 Å². The van der Waals surface area contributed by atoms with Gasteiger partial charge in [-0.15, -0.1) is 0 Å². The molecule has 0 aromatic rings. The highest BCUT2D eigenvalue weighted by molar-refractivity contribution is 5.76. The minimum atomic E-state index is -0.927. The van der Waals surface area contributed by atoms with E-state index in [-0.39, 0.29) is 18.6 Å². The van der Waals surface area contributed by atoms with Gasteiger partial charge in [-0.25, -0.2) is 4.79 Å². The molecule has 2 N–H and O–H groups in total. The molecule has 0 aliphatic carbocycles. The highest BCUT2D eigenvalue weighted by atomic mass is 16.5. The first kappa shape index (κ1) is 15.8. The normalized spacial score (nSPS) is 19.8. The molecule has 6 nitrogen and oxygen atoms in total. The van der Waals surface area contributed by atoms with Crippen LogP contribution in [0.15, 0.2) is 0 Å². The molecule has 19 heavy (non-hydrogen) atoms. The van der Waals surface area contributed by atoms with Crippen molar-refractivity contribution < 1.29 is 19.4 Å². The third kappa shape index (κ3) is 5.92. The molecular weight excluding hydrogens is 248 g/mol. The van der Waals surface area contributed by atoms with Gasteiger partial charge in [0.2, 0.25) is 0 Å². The zero-order valence-electron chi connectivity index (χ0n) is 11.9. The Morgan fingerprint density at radius 3 is 2.63 bits per heavy atom. The Balaban J connectivity index is 2.40. The molecule has 1 atom stereocenters. The van der Waals surface area contributed by atoms with Gasteiger partial charge in [-0.05, 0) is 33.1 Å². The number of carbonyl (C=O) groups is 2. The number of aliphatic carboxylic acids is 1. The Bertz CT molecular complexity index is 325. The van der Waals surface area contributed by atoms with E-state index in [1.807, 2.05) is 0 Å². The fourth-order valence-electron chi connectivity index (χ4n) is 2.15. The van der Waals surface area contributed by atoms with Crippen LogP contribution < -0.4 is 5.32 Å². The average Bonchev–Trinajstić information content (AvgIpc) is 2.27. The smallest absolute Gasteiger partial charge is 0.317 e. The second-order valence-corrected chi connectivity index (χ2v) is 5.75. The van der Waals surface area contributed by atoms with Crippen LogP contribution in [0.2, 0.25) is 0 Å². The Morgan fingerprint density at radius 2 is 2.11 bits per heavy atom. The average molecular weight is 272 g/mol. The van der Waals surface area contributed by atoms with E-state index in [2.05, 4.69) is 5.32 Å². The van der Waals surface area contributed by atoms with Crippen LogP contribution in [0.4, 0.5) is 4.79 Å². The third-order valence-corrected chi connectivity index (χ3v) is 3.14. The van der Waals surface area contributed by atoms with Crippen LogP contribution in [0, 0.1) is 0 Å². The third-order valence-electron chi connectivity index (χ3n) is 3.14. The van der Waals surface area contributed by atoms with E-state index in [0.717, 1.165) is 25.9 Å². The number of hydrogen-bond donors (Lipinski definition) is 2. The highest BCUT2D eigenvalue weighted by Crippen LogP contribution is 2.14. The molecule has 6 heteroatoms. The number of ether oxygens (including phenoxy) is 1. The van der Waals surface area contributed by atoms with E-state index in [1.54, 1.807) is 25.8 Å². The molecule has 0 aromatic carbocycles. The molecule has 1 aliphatic rings. The molecule has 1 saturated heterocycles.